The molecule has 5 nitrogen and oxygen atoms in total. The van der Waals surface area contributed by atoms with Crippen LogP contribution in [-0.4, -0.2) is 16.0 Å². The van der Waals surface area contributed by atoms with E-state index >= 15 is 0 Å². The van der Waals surface area contributed by atoms with Crippen LogP contribution in [0.1, 0.15) is 32.7 Å². The number of hydrogen-bond donors (Lipinski definition) is 3. The summed E-state index contributed by atoms with van der Waals surface area (Å²) >= 11 is 1.40. The minimum atomic E-state index is -0.374. The molecular weight excluding hydrogens is 310 g/mol. The predicted molar refractivity (Wildman–Crippen MR) is 91.0 cm³/mol. The minimum Gasteiger partial charge on any atom is -0.508 e. The van der Waals surface area contributed by atoms with Crippen LogP contribution in [0, 0.1) is 13.8 Å². The van der Waals surface area contributed by atoms with Gasteiger partial charge in [-0.1, -0.05) is 12.1 Å². The highest BCUT2D eigenvalue weighted by molar-refractivity contribution is 7.21. The summed E-state index contributed by atoms with van der Waals surface area (Å²) in [7, 11) is 0. The molecule has 1 aliphatic rings. The van der Waals surface area contributed by atoms with Crippen molar-refractivity contribution in [2.75, 3.05) is 5.32 Å². The van der Waals surface area contributed by atoms with Gasteiger partial charge in [0, 0.05) is 11.1 Å². The third kappa shape index (κ3) is 2.22. The van der Waals surface area contributed by atoms with Gasteiger partial charge in [-0.25, -0.2) is 4.98 Å². The number of aromatic nitrogens is 1. The lowest BCUT2D eigenvalue weighted by molar-refractivity contribution is 0.0940. The number of rotatable bonds is 1. The van der Waals surface area contributed by atoms with E-state index in [9.17, 15) is 9.90 Å². The van der Waals surface area contributed by atoms with Gasteiger partial charge in [0.05, 0.1) is 5.69 Å². The zero-order valence-electron chi connectivity index (χ0n) is 12.7. The molecule has 3 aromatic rings. The Kier molecular flexibility index (Phi) is 3.02. The van der Waals surface area contributed by atoms with Gasteiger partial charge in [0.1, 0.15) is 21.6 Å². The highest BCUT2D eigenvalue weighted by Gasteiger charge is 2.29. The number of pyridine rings is 1. The van der Waals surface area contributed by atoms with E-state index in [1.165, 1.54) is 11.3 Å². The topological polar surface area (TPSA) is 74.2 Å². The van der Waals surface area contributed by atoms with Crippen LogP contribution in [0.15, 0.2) is 30.3 Å². The summed E-state index contributed by atoms with van der Waals surface area (Å²) in [6.07, 6.45) is -0.374. The van der Waals surface area contributed by atoms with Crippen molar-refractivity contribution in [3.63, 3.8) is 0 Å². The van der Waals surface area contributed by atoms with E-state index in [4.69, 9.17) is 0 Å². The van der Waals surface area contributed by atoms with Crippen molar-refractivity contribution < 1.29 is 9.90 Å². The third-order valence-electron chi connectivity index (χ3n) is 3.96. The number of fused-ring (bicyclic) bond motifs is 3. The molecule has 2 aromatic heterocycles. The van der Waals surface area contributed by atoms with Crippen LogP contribution < -0.4 is 10.6 Å². The van der Waals surface area contributed by atoms with E-state index in [1.54, 1.807) is 18.2 Å². The van der Waals surface area contributed by atoms with Gasteiger partial charge in [-0.05, 0) is 43.2 Å². The zero-order chi connectivity index (χ0) is 16.1. The summed E-state index contributed by atoms with van der Waals surface area (Å²) in [5, 5.41) is 17.0. The van der Waals surface area contributed by atoms with Gasteiger partial charge in [0.15, 0.2) is 0 Å². The molecule has 0 spiro atoms. The molecule has 3 N–H and O–H groups in total. The van der Waals surface area contributed by atoms with E-state index < -0.39 is 0 Å². The maximum absolute atomic E-state index is 12.5. The summed E-state index contributed by atoms with van der Waals surface area (Å²) in [5.41, 5.74) is 3.67. The molecule has 0 unspecified atom stereocenters. The molecule has 0 saturated heterocycles. The van der Waals surface area contributed by atoms with Gasteiger partial charge < -0.3 is 15.7 Å². The van der Waals surface area contributed by atoms with Crippen molar-refractivity contribution in [2.24, 2.45) is 0 Å². The summed E-state index contributed by atoms with van der Waals surface area (Å²) < 4.78 is 0. The number of aromatic hydroxyl groups is 1. The fourth-order valence-electron chi connectivity index (χ4n) is 2.99. The van der Waals surface area contributed by atoms with Crippen molar-refractivity contribution in [3.05, 3.63) is 52.0 Å². The molecule has 116 valence electrons. The van der Waals surface area contributed by atoms with Crippen molar-refractivity contribution in [1.29, 1.82) is 0 Å². The van der Waals surface area contributed by atoms with E-state index in [0.29, 0.717) is 4.88 Å². The van der Waals surface area contributed by atoms with Crippen LogP contribution >= 0.6 is 11.3 Å². The fraction of sp³-hybridized carbons (Fsp3) is 0.176. The minimum absolute atomic E-state index is 0.118. The smallest absolute Gasteiger partial charge is 0.265 e. The van der Waals surface area contributed by atoms with Crippen molar-refractivity contribution in [1.82, 2.24) is 10.3 Å². The van der Waals surface area contributed by atoms with Crippen molar-refractivity contribution >= 4 is 33.1 Å². The summed E-state index contributed by atoms with van der Waals surface area (Å²) in [6, 6.07) is 8.90. The Hall–Kier alpha value is -2.60. The standard InChI is InChI=1S/C17H15N3O2S/c1-8-6-9(2)18-17-12(8)13-14(23-17)16(22)20-15(19-13)10-4-3-5-11(21)7-10/h3-7,15,19,21H,1-2H3,(H,20,22)/t15-/m1/s1. The average molecular weight is 325 g/mol. The monoisotopic (exact) mass is 325 g/mol. The van der Waals surface area contributed by atoms with Crippen molar-refractivity contribution in [2.45, 2.75) is 20.0 Å². The van der Waals surface area contributed by atoms with Crippen LogP contribution in [0.2, 0.25) is 0 Å². The number of amides is 1. The fourth-order valence-corrected chi connectivity index (χ4v) is 4.15. The van der Waals surface area contributed by atoms with Crippen LogP contribution in [0.4, 0.5) is 5.69 Å². The Morgan fingerprint density at radius 2 is 2.04 bits per heavy atom. The summed E-state index contributed by atoms with van der Waals surface area (Å²) in [5.74, 6) is 0.0557. The zero-order valence-corrected chi connectivity index (χ0v) is 13.5. The number of phenolic OH excluding ortho intramolecular Hbond substituents is 1. The number of carbonyl (C=O) groups is 1. The number of nitrogens with zero attached hydrogens (tertiary/aromatic N) is 1. The maximum Gasteiger partial charge on any atom is 0.265 e. The average Bonchev–Trinajstić information content (AvgIpc) is 2.86. The van der Waals surface area contributed by atoms with Gasteiger partial charge in [0.2, 0.25) is 0 Å². The highest BCUT2D eigenvalue weighted by Crippen LogP contribution is 2.41. The molecule has 3 heterocycles. The third-order valence-corrected chi connectivity index (χ3v) is 5.04. The molecular formula is C17H15N3O2S. The number of anilines is 1. The molecule has 4 rings (SSSR count). The van der Waals surface area contributed by atoms with Gasteiger partial charge in [0.25, 0.3) is 5.91 Å². The second-order valence-electron chi connectivity index (χ2n) is 5.71. The lowest BCUT2D eigenvalue weighted by Crippen LogP contribution is -2.37. The Morgan fingerprint density at radius 1 is 1.22 bits per heavy atom. The lowest BCUT2D eigenvalue weighted by atomic mass is 10.1. The molecule has 0 bridgehead atoms. The molecule has 1 atom stereocenters. The normalized spacial score (nSPS) is 16.8. The Morgan fingerprint density at radius 3 is 2.83 bits per heavy atom. The van der Waals surface area contributed by atoms with Crippen LogP contribution in [0.3, 0.4) is 0 Å². The van der Waals surface area contributed by atoms with Crippen molar-refractivity contribution in [3.8, 4) is 5.75 Å². The molecule has 0 radical (unpaired) electrons. The summed E-state index contributed by atoms with van der Waals surface area (Å²) in [6.45, 7) is 3.98. The molecule has 0 aliphatic carbocycles. The van der Waals surface area contributed by atoms with Crippen LogP contribution in [0.5, 0.6) is 5.75 Å². The predicted octanol–water partition coefficient (Wildman–Crippen LogP) is 3.47. The molecule has 1 aliphatic heterocycles. The number of aryl methyl sites for hydroxylation is 2. The van der Waals surface area contributed by atoms with Crippen LogP contribution in [-0.2, 0) is 0 Å². The molecule has 6 heteroatoms. The summed E-state index contributed by atoms with van der Waals surface area (Å²) in [4.78, 5) is 18.6. The molecule has 0 fully saturated rings. The van der Waals surface area contributed by atoms with E-state index in [-0.39, 0.29) is 17.8 Å². The maximum atomic E-state index is 12.5. The highest BCUT2D eigenvalue weighted by atomic mass is 32.1. The molecule has 1 amide bonds. The quantitative estimate of drug-likeness (QED) is 0.640. The number of nitrogens with one attached hydrogen (secondary N) is 2. The number of carbonyl (C=O) groups excluding carboxylic acids is 1. The Labute approximate surface area is 137 Å². The largest absolute Gasteiger partial charge is 0.508 e. The first kappa shape index (κ1) is 14.0. The first-order valence-electron chi connectivity index (χ1n) is 7.30. The van der Waals surface area contributed by atoms with Gasteiger partial charge in [-0.15, -0.1) is 11.3 Å². The molecule has 0 saturated carbocycles. The van der Waals surface area contributed by atoms with Crippen LogP contribution in [0.25, 0.3) is 10.2 Å². The van der Waals surface area contributed by atoms with E-state index in [1.807, 2.05) is 26.0 Å². The second kappa shape index (κ2) is 4.96. The van der Waals surface area contributed by atoms with Gasteiger partial charge in [-0.3, -0.25) is 4.79 Å². The first-order valence-corrected chi connectivity index (χ1v) is 8.11. The SMILES string of the molecule is Cc1cc(C)c2c3c(sc2n1)C(=O)N[C@H](c1cccc(O)c1)N3. The number of thiophene rings is 1. The van der Waals surface area contributed by atoms with E-state index in [0.717, 1.165) is 32.7 Å². The number of hydrogen-bond acceptors (Lipinski definition) is 5. The molecule has 23 heavy (non-hydrogen) atoms. The second-order valence-corrected chi connectivity index (χ2v) is 6.71. The number of phenols is 1. The number of benzene rings is 1. The van der Waals surface area contributed by atoms with Gasteiger partial charge >= 0.3 is 0 Å². The first-order chi connectivity index (χ1) is 11.0. The Bertz CT molecular complexity index is 948. The van der Waals surface area contributed by atoms with E-state index in [2.05, 4.69) is 15.6 Å². The molecule has 1 aromatic carbocycles. The Balaban J connectivity index is 1.86. The van der Waals surface area contributed by atoms with Gasteiger partial charge in [-0.2, -0.15) is 0 Å². The lowest BCUT2D eigenvalue weighted by Gasteiger charge is -2.26.